The van der Waals surface area contributed by atoms with Gasteiger partial charge in [-0.2, -0.15) is 0 Å². The van der Waals surface area contributed by atoms with E-state index >= 15 is 0 Å². The number of furan rings is 1. The average Bonchev–Trinajstić information content (AvgIpc) is 3.20. The van der Waals surface area contributed by atoms with E-state index in [1.165, 1.54) is 29.7 Å². The smallest absolute Gasteiger partial charge is 0.135 e. The van der Waals surface area contributed by atoms with Crippen molar-refractivity contribution in [2.45, 2.75) is 63.2 Å². The summed E-state index contributed by atoms with van der Waals surface area (Å²) in [5, 5.41) is 9.94. The van der Waals surface area contributed by atoms with Crippen LogP contribution in [0, 0.1) is 0 Å². The first-order valence-electron chi connectivity index (χ1n) is 11.3. The van der Waals surface area contributed by atoms with Gasteiger partial charge < -0.3 is 9.52 Å². The van der Waals surface area contributed by atoms with E-state index in [2.05, 4.69) is 67.6 Å². The van der Waals surface area contributed by atoms with Crippen LogP contribution in [0.25, 0.3) is 22.3 Å². The Morgan fingerprint density at radius 3 is 2.47 bits per heavy atom. The number of thioether (sulfide) groups is 1. The standard InChI is InChI=1S/C27H34O2S/c1-2-3-8-11-22-12-14-23(15-13-22)26-20-24-16-17-25(21-27(24)29-26)30-19-10-7-5-4-6-9-18-28/h4-5,12-17,20-21,28H,2-3,6-11,18-19H2,1H3/b5-4+. The average molecular weight is 423 g/mol. The Bertz CT molecular complexity index is 908. The molecule has 0 amide bonds. The van der Waals surface area contributed by atoms with Gasteiger partial charge in [-0.15, -0.1) is 11.8 Å². The van der Waals surface area contributed by atoms with E-state index in [1.807, 2.05) is 11.8 Å². The van der Waals surface area contributed by atoms with Crippen LogP contribution in [0.3, 0.4) is 0 Å². The number of fused-ring (bicyclic) bond motifs is 1. The summed E-state index contributed by atoms with van der Waals surface area (Å²) in [5.74, 6) is 2.04. The molecule has 0 fully saturated rings. The van der Waals surface area contributed by atoms with Gasteiger partial charge in [0.1, 0.15) is 11.3 Å². The van der Waals surface area contributed by atoms with Crippen LogP contribution in [0.15, 0.2) is 70.0 Å². The number of aliphatic hydroxyl groups is 1. The molecule has 2 aromatic carbocycles. The molecule has 1 N–H and O–H groups in total. The molecule has 1 aromatic heterocycles. The predicted molar refractivity (Wildman–Crippen MR) is 130 cm³/mol. The van der Waals surface area contributed by atoms with Crippen LogP contribution >= 0.6 is 11.8 Å². The first-order valence-corrected chi connectivity index (χ1v) is 12.3. The van der Waals surface area contributed by atoms with E-state index in [0.717, 1.165) is 60.1 Å². The molecule has 30 heavy (non-hydrogen) atoms. The maximum atomic E-state index is 8.78. The zero-order valence-electron chi connectivity index (χ0n) is 18.1. The summed E-state index contributed by atoms with van der Waals surface area (Å²) in [4.78, 5) is 1.26. The summed E-state index contributed by atoms with van der Waals surface area (Å²) < 4.78 is 6.17. The molecule has 0 saturated heterocycles. The highest BCUT2D eigenvalue weighted by molar-refractivity contribution is 7.99. The zero-order valence-corrected chi connectivity index (χ0v) is 18.9. The van der Waals surface area contributed by atoms with E-state index in [0.29, 0.717) is 0 Å². The summed E-state index contributed by atoms with van der Waals surface area (Å²) in [5.41, 5.74) is 3.52. The minimum absolute atomic E-state index is 0.279. The van der Waals surface area contributed by atoms with Crippen LogP contribution in [0.2, 0.25) is 0 Å². The van der Waals surface area contributed by atoms with Crippen LogP contribution in [0.4, 0.5) is 0 Å². The van der Waals surface area contributed by atoms with Gasteiger partial charge in [0.25, 0.3) is 0 Å². The lowest BCUT2D eigenvalue weighted by molar-refractivity contribution is 0.289. The van der Waals surface area contributed by atoms with Crippen LogP contribution in [0.5, 0.6) is 0 Å². The Labute approximate surface area is 185 Å². The number of aryl methyl sites for hydroxylation is 1. The molecule has 0 bridgehead atoms. The molecule has 0 aliphatic rings. The molecule has 3 heteroatoms. The number of rotatable bonds is 13. The highest BCUT2D eigenvalue weighted by Crippen LogP contribution is 2.31. The third kappa shape index (κ3) is 7.07. The maximum Gasteiger partial charge on any atom is 0.135 e. The highest BCUT2D eigenvalue weighted by atomic mass is 32.2. The maximum absolute atomic E-state index is 8.78. The second-order valence-corrected chi connectivity index (χ2v) is 8.96. The van der Waals surface area contributed by atoms with Crippen molar-refractivity contribution in [2.24, 2.45) is 0 Å². The molecule has 0 saturated carbocycles. The normalized spacial score (nSPS) is 11.7. The van der Waals surface area contributed by atoms with Crippen molar-refractivity contribution in [3.63, 3.8) is 0 Å². The van der Waals surface area contributed by atoms with Crippen LogP contribution in [-0.4, -0.2) is 17.5 Å². The van der Waals surface area contributed by atoms with Gasteiger partial charge in [-0.05, 0) is 74.1 Å². The highest BCUT2D eigenvalue weighted by Gasteiger charge is 2.07. The third-order valence-corrected chi connectivity index (χ3v) is 6.36. The Morgan fingerprint density at radius 2 is 1.70 bits per heavy atom. The predicted octanol–water partition coefficient (Wildman–Crippen LogP) is 8.03. The topological polar surface area (TPSA) is 33.4 Å². The largest absolute Gasteiger partial charge is 0.456 e. The van der Waals surface area contributed by atoms with Gasteiger partial charge in [-0.3, -0.25) is 0 Å². The number of aliphatic hydroxyl groups excluding tert-OH is 1. The first-order chi connectivity index (χ1) is 14.8. The summed E-state index contributed by atoms with van der Waals surface area (Å²) in [6, 6.07) is 17.5. The molecule has 3 aromatic rings. The minimum Gasteiger partial charge on any atom is -0.456 e. The van der Waals surface area contributed by atoms with Gasteiger partial charge in [0.2, 0.25) is 0 Å². The van der Waals surface area contributed by atoms with Crippen molar-refractivity contribution in [1.29, 1.82) is 0 Å². The number of hydrogen-bond acceptors (Lipinski definition) is 3. The Morgan fingerprint density at radius 1 is 0.900 bits per heavy atom. The fourth-order valence-corrected chi connectivity index (χ4v) is 4.40. The van der Waals surface area contributed by atoms with Gasteiger partial charge in [-0.1, -0.05) is 56.2 Å². The number of allylic oxidation sites excluding steroid dienone is 2. The minimum atomic E-state index is 0.279. The molecule has 0 aliphatic heterocycles. The van der Waals surface area contributed by atoms with E-state index in [9.17, 15) is 0 Å². The van der Waals surface area contributed by atoms with Gasteiger partial charge in [0.05, 0.1) is 0 Å². The molecular weight excluding hydrogens is 388 g/mol. The lowest BCUT2D eigenvalue weighted by atomic mass is 10.0. The Kier molecular flexibility index (Phi) is 9.59. The monoisotopic (exact) mass is 422 g/mol. The molecular formula is C27H34O2S. The number of unbranched alkanes of at least 4 members (excludes halogenated alkanes) is 4. The SMILES string of the molecule is CCCCCc1ccc(-c2cc3ccc(SCCC/C=C/CCCO)cc3o2)cc1. The Hall–Kier alpha value is -1.97. The van der Waals surface area contributed by atoms with Gasteiger partial charge >= 0.3 is 0 Å². The first kappa shape index (κ1) is 22.7. The second-order valence-electron chi connectivity index (χ2n) is 7.79. The molecule has 0 radical (unpaired) electrons. The van der Waals surface area contributed by atoms with Crippen molar-refractivity contribution >= 4 is 22.7 Å². The van der Waals surface area contributed by atoms with Crippen LogP contribution < -0.4 is 0 Å². The van der Waals surface area contributed by atoms with E-state index in [1.54, 1.807) is 0 Å². The van der Waals surface area contributed by atoms with E-state index < -0.39 is 0 Å². The van der Waals surface area contributed by atoms with E-state index in [4.69, 9.17) is 9.52 Å². The summed E-state index contributed by atoms with van der Waals surface area (Å²) in [6.07, 6.45) is 13.5. The van der Waals surface area contributed by atoms with Crippen molar-refractivity contribution in [3.05, 3.63) is 66.2 Å². The van der Waals surface area contributed by atoms with Crippen LogP contribution in [0.1, 0.15) is 57.4 Å². The lowest BCUT2D eigenvalue weighted by Crippen LogP contribution is -1.85. The quantitative estimate of drug-likeness (QED) is 0.172. The molecule has 0 spiro atoms. The molecule has 2 nitrogen and oxygen atoms in total. The molecule has 0 unspecified atom stereocenters. The summed E-state index contributed by atoms with van der Waals surface area (Å²) in [7, 11) is 0. The fourth-order valence-electron chi connectivity index (χ4n) is 3.49. The van der Waals surface area contributed by atoms with Crippen LogP contribution in [-0.2, 0) is 6.42 Å². The zero-order chi connectivity index (χ0) is 21.0. The number of hydrogen-bond donors (Lipinski definition) is 1. The molecule has 0 aliphatic carbocycles. The van der Waals surface area contributed by atoms with Crippen molar-refractivity contribution in [3.8, 4) is 11.3 Å². The van der Waals surface area contributed by atoms with Gasteiger partial charge in [-0.25, -0.2) is 0 Å². The second kappa shape index (κ2) is 12.7. The van der Waals surface area contributed by atoms with Gasteiger partial charge in [0.15, 0.2) is 0 Å². The molecule has 1 heterocycles. The van der Waals surface area contributed by atoms with Crippen molar-refractivity contribution < 1.29 is 9.52 Å². The Balaban J connectivity index is 1.53. The van der Waals surface area contributed by atoms with E-state index in [-0.39, 0.29) is 6.61 Å². The summed E-state index contributed by atoms with van der Waals surface area (Å²) in [6.45, 7) is 2.52. The van der Waals surface area contributed by atoms with Gasteiger partial charge in [0, 0.05) is 22.5 Å². The summed E-state index contributed by atoms with van der Waals surface area (Å²) >= 11 is 1.89. The lowest BCUT2D eigenvalue weighted by Gasteiger charge is -2.02. The fraction of sp³-hybridized carbons (Fsp3) is 0.407. The number of benzene rings is 2. The third-order valence-electron chi connectivity index (χ3n) is 5.28. The molecule has 160 valence electrons. The molecule has 0 atom stereocenters. The molecule has 3 rings (SSSR count). The van der Waals surface area contributed by atoms with Crippen molar-refractivity contribution in [1.82, 2.24) is 0 Å². The van der Waals surface area contributed by atoms with Crippen molar-refractivity contribution in [2.75, 3.05) is 12.4 Å².